The number of nitrogens with zero attached hydrogens (tertiary/aromatic N) is 1. The van der Waals surface area contributed by atoms with Crippen molar-refractivity contribution in [3.8, 4) is 22.4 Å². The van der Waals surface area contributed by atoms with E-state index in [4.69, 9.17) is 21.4 Å². The SMILES string of the molecule is CNc1ccc2c(c1)NC(=O)CC1CC1CC(c1ccc(-c3c(F)ccc(Cl)c3F)c[nH+]1)c1ncc-2[nH]1.COC=O. The van der Waals surface area contributed by atoms with Crippen LogP contribution in [-0.4, -0.2) is 36.5 Å². The van der Waals surface area contributed by atoms with Crippen LogP contribution in [0.3, 0.4) is 0 Å². The highest BCUT2D eigenvalue weighted by Crippen LogP contribution is 2.48. The summed E-state index contributed by atoms with van der Waals surface area (Å²) in [6.07, 6.45) is 5.61. The highest BCUT2D eigenvalue weighted by atomic mass is 35.5. The normalized spacial score (nSPS) is 19.1. The lowest BCUT2D eigenvalue weighted by Crippen LogP contribution is -2.19. The number of nitrogens with one attached hydrogen (secondary N) is 4. The molecule has 0 radical (unpaired) electrons. The molecule has 0 spiro atoms. The quantitative estimate of drug-likeness (QED) is 0.208. The largest absolute Gasteiger partial charge is 0.471 e. The van der Waals surface area contributed by atoms with Gasteiger partial charge in [0.15, 0.2) is 17.7 Å². The number of hydrogen-bond acceptors (Lipinski definition) is 5. The summed E-state index contributed by atoms with van der Waals surface area (Å²) >= 11 is 5.89. The highest BCUT2D eigenvalue weighted by Gasteiger charge is 2.42. The van der Waals surface area contributed by atoms with E-state index in [1.807, 2.05) is 31.3 Å². The highest BCUT2D eigenvalue weighted by molar-refractivity contribution is 6.31. The first-order chi connectivity index (χ1) is 19.8. The fourth-order valence-electron chi connectivity index (χ4n) is 5.27. The molecule has 3 unspecified atom stereocenters. The average Bonchev–Trinajstić information content (AvgIpc) is 3.51. The number of aromatic amines is 2. The molecule has 3 atom stereocenters. The fraction of sp³-hybridized carbons (Fsp3) is 0.267. The van der Waals surface area contributed by atoms with Gasteiger partial charge in [0, 0.05) is 30.8 Å². The van der Waals surface area contributed by atoms with E-state index in [-0.39, 0.29) is 22.4 Å². The van der Waals surface area contributed by atoms with Crippen LogP contribution in [0, 0.1) is 23.5 Å². The monoisotopic (exact) mass is 580 g/mol. The minimum Gasteiger partial charge on any atom is -0.471 e. The van der Waals surface area contributed by atoms with Gasteiger partial charge in [-0.25, -0.2) is 18.7 Å². The first-order valence-corrected chi connectivity index (χ1v) is 13.5. The number of methoxy groups -OCH3 is 1. The maximum Gasteiger partial charge on any atom is 0.292 e. The van der Waals surface area contributed by atoms with Gasteiger partial charge in [-0.15, -0.1) is 0 Å². The lowest BCUT2D eigenvalue weighted by molar-refractivity contribution is -0.391. The van der Waals surface area contributed by atoms with Gasteiger partial charge in [0.2, 0.25) is 5.91 Å². The van der Waals surface area contributed by atoms with Crippen LogP contribution < -0.4 is 15.6 Å². The van der Waals surface area contributed by atoms with Crippen molar-refractivity contribution < 1.29 is 28.1 Å². The molecule has 11 heteroatoms. The van der Waals surface area contributed by atoms with E-state index in [0.29, 0.717) is 30.3 Å². The molecule has 212 valence electrons. The van der Waals surface area contributed by atoms with Gasteiger partial charge in [0.1, 0.15) is 17.6 Å². The minimum atomic E-state index is -0.788. The van der Waals surface area contributed by atoms with Gasteiger partial charge in [0.05, 0.1) is 40.8 Å². The van der Waals surface area contributed by atoms with E-state index in [1.165, 1.54) is 13.2 Å². The van der Waals surface area contributed by atoms with Crippen LogP contribution in [0.2, 0.25) is 5.02 Å². The summed E-state index contributed by atoms with van der Waals surface area (Å²) in [5, 5.41) is 6.07. The Hall–Kier alpha value is -4.31. The van der Waals surface area contributed by atoms with E-state index >= 15 is 0 Å². The van der Waals surface area contributed by atoms with Crippen molar-refractivity contribution in [2.45, 2.75) is 25.2 Å². The number of H-pyrrole nitrogens is 2. The van der Waals surface area contributed by atoms with Crippen LogP contribution in [0.4, 0.5) is 20.2 Å². The third-order valence-corrected chi connectivity index (χ3v) is 7.79. The molecule has 1 amide bonds. The van der Waals surface area contributed by atoms with Crippen LogP contribution in [0.15, 0.2) is 54.9 Å². The van der Waals surface area contributed by atoms with E-state index in [0.717, 1.165) is 53.1 Å². The molecule has 41 heavy (non-hydrogen) atoms. The molecule has 0 saturated heterocycles. The van der Waals surface area contributed by atoms with Crippen molar-refractivity contribution in [3.05, 3.63) is 83.0 Å². The number of amides is 1. The third-order valence-electron chi connectivity index (χ3n) is 7.49. The second-order valence-corrected chi connectivity index (χ2v) is 10.5. The zero-order valence-electron chi connectivity index (χ0n) is 22.4. The molecule has 1 fully saturated rings. The number of carbonyl (C=O) groups excluding carboxylic acids is 2. The van der Waals surface area contributed by atoms with Crippen LogP contribution in [-0.2, 0) is 14.3 Å². The number of pyridine rings is 1. The first kappa shape index (κ1) is 28.2. The van der Waals surface area contributed by atoms with Crippen molar-refractivity contribution in [1.82, 2.24) is 9.97 Å². The Kier molecular flexibility index (Phi) is 8.30. The molecule has 4 aromatic rings. The standard InChI is InChI=1S/C28H24ClF2N5O.C2H4O2/c1-32-17-3-4-18-23(11-17)35-25(37)10-16-8-15(16)9-19(28-34-13-24(18)36-28)22-7-2-14(12-33-22)26-21(30)6-5-20(29)27(26)31;1-4-2-3/h2-7,11-13,15-16,19,32H,8-10H2,1H3,(H,34,36)(H,35,37);2H,1H3/p+1. The van der Waals surface area contributed by atoms with Gasteiger partial charge >= 0.3 is 0 Å². The molecular weight excluding hydrogens is 552 g/mol. The number of imidazole rings is 1. The molecule has 2 aliphatic rings. The van der Waals surface area contributed by atoms with E-state index in [2.05, 4.69) is 25.3 Å². The zero-order chi connectivity index (χ0) is 29.1. The van der Waals surface area contributed by atoms with Crippen molar-refractivity contribution in [2.75, 3.05) is 24.8 Å². The molecule has 2 aromatic carbocycles. The molecule has 6 rings (SSSR count). The second-order valence-electron chi connectivity index (χ2n) is 10.1. The van der Waals surface area contributed by atoms with Crippen molar-refractivity contribution in [1.29, 1.82) is 0 Å². The molecule has 3 heterocycles. The Bertz CT molecular complexity index is 1580. The first-order valence-electron chi connectivity index (χ1n) is 13.1. The Morgan fingerprint density at radius 3 is 2.66 bits per heavy atom. The summed E-state index contributed by atoms with van der Waals surface area (Å²) in [5.74, 6) is -0.0911. The number of fused-ring (bicyclic) bond motifs is 5. The maximum atomic E-state index is 14.6. The smallest absolute Gasteiger partial charge is 0.292 e. The molecule has 4 N–H and O–H groups in total. The summed E-state index contributed by atoms with van der Waals surface area (Å²) in [4.78, 5) is 33.2. The second kappa shape index (κ2) is 12.1. The van der Waals surface area contributed by atoms with E-state index < -0.39 is 11.6 Å². The van der Waals surface area contributed by atoms with Crippen molar-refractivity contribution >= 4 is 35.4 Å². The molecule has 1 aliphatic carbocycles. The van der Waals surface area contributed by atoms with Gasteiger partial charge in [0.25, 0.3) is 6.47 Å². The lowest BCUT2D eigenvalue weighted by Gasteiger charge is -2.15. The number of carbonyl (C=O) groups is 2. The summed E-state index contributed by atoms with van der Waals surface area (Å²) in [5.41, 5.74) is 4.34. The number of anilines is 2. The number of rotatable bonds is 4. The van der Waals surface area contributed by atoms with Crippen molar-refractivity contribution in [3.63, 3.8) is 0 Å². The average molecular weight is 581 g/mol. The summed E-state index contributed by atoms with van der Waals surface area (Å²) in [6.45, 7) is 0.375. The lowest BCUT2D eigenvalue weighted by atomic mass is 9.94. The number of hydrogen-bond donors (Lipinski definition) is 3. The Labute approximate surface area is 240 Å². The van der Waals surface area contributed by atoms with Gasteiger partial charge in [-0.2, -0.15) is 0 Å². The predicted molar refractivity (Wildman–Crippen MR) is 151 cm³/mol. The fourth-order valence-corrected chi connectivity index (χ4v) is 5.42. The maximum absolute atomic E-state index is 14.6. The Balaban J connectivity index is 0.000000794. The topological polar surface area (TPSA) is 110 Å². The summed E-state index contributed by atoms with van der Waals surface area (Å²) in [6, 6.07) is 11.7. The van der Waals surface area contributed by atoms with Gasteiger partial charge in [-0.3, -0.25) is 9.59 Å². The zero-order valence-corrected chi connectivity index (χ0v) is 23.2. The number of halogens is 3. The Morgan fingerprint density at radius 1 is 1.15 bits per heavy atom. The number of ether oxygens (including phenoxy) is 1. The van der Waals surface area contributed by atoms with Crippen LogP contribution >= 0.6 is 11.6 Å². The van der Waals surface area contributed by atoms with Crippen LogP contribution in [0.1, 0.15) is 36.7 Å². The third kappa shape index (κ3) is 6.07. The molecule has 8 nitrogen and oxygen atoms in total. The van der Waals surface area contributed by atoms with Gasteiger partial charge in [-0.05, 0) is 61.1 Å². The molecule has 2 aromatic heterocycles. The molecule has 1 saturated carbocycles. The number of aromatic nitrogens is 3. The van der Waals surface area contributed by atoms with Gasteiger partial charge in [-0.1, -0.05) is 11.6 Å². The number of benzene rings is 2. The predicted octanol–water partition coefficient (Wildman–Crippen LogP) is 5.82. The molecular formula is C30H29ClF2N5O3+. The van der Waals surface area contributed by atoms with E-state index in [1.54, 1.807) is 18.5 Å². The summed E-state index contributed by atoms with van der Waals surface area (Å²) < 4.78 is 32.9. The van der Waals surface area contributed by atoms with Crippen LogP contribution in [0.25, 0.3) is 22.4 Å². The molecule has 2 bridgehead atoms. The Morgan fingerprint density at radius 2 is 1.95 bits per heavy atom. The van der Waals surface area contributed by atoms with Crippen molar-refractivity contribution in [2.24, 2.45) is 11.8 Å². The summed E-state index contributed by atoms with van der Waals surface area (Å²) in [7, 11) is 3.15. The van der Waals surface area contributed by atoms with Gasteiger partial charge < -0.3 is 20.4 Å². The molecule has 1 aliphatic heterocycles. The minimum absolute atomic E-state index is 0.000330. The van der Waals surface area contributed by atoms with E-state index in [9.17, 15) is 13.6 Å². The van der Waals surface area contributed by atoms with Crippen LogP contribution in [0.5, 0.6) is 0 Å².